The van der Waals surface area contributed by atoms with E-state index in [-0.39, 0.29) is 18.3 Å². The summed E-state index contributed by atoms with van der Waals surface area (Å²) in [5.74, 6) is 0.227. The number of cyclic esters (lactones) is 1. The van der Waals surface area contributed by atoms with Crippen molar-refractivity contribution in [3.8, 4) is 22.8 Å². The van der Waals surface area contributed by atoms with Gasteiger partial charge < -0.3 is 19.1 Å². The third-order valence-corrected chi connectivity index (χ3v) is 5.64. The molecule has 1 atom stereocenters. The molecule has 2 aromatic carbocycles. The average Bonchev–Trinajstić information content (AvgIpc) is 3.31. The van der Waals surface area contributed by atoms with Crippen LogP contribution in [0.3, 0.4) is 0 Å². The molecule has 1 aliphatic carbocycles. The molecule has 0 saturated carbocycles. The second-order valence-corrected chi connectivity index (χ2v) is 7.45. The summed E-state index contributed by atoms with van der Waals surface area (Å²) in [7, 11) is 1.49. The van der Waals surface area contributed by atoms with Crippen molar-refractivity contribution in [3.63, 3.8) is 0 Å². The zero-order valence-electron chi connectivity index (χ0n) is 15.4. The van der Waals surface area contributed by atoms with Crippen LogP contribution in [0, 0.1) is 0 Å². The molecule has 146 valence electrons. The van der Waals surface area contributed by atoms with Gasteiger partial charge in [-0.05, 0) is 35.4 Å². The van der Waals surface area contributed by atoms with Crippen molar-refractivity contribution in [2.24, 2.45) is 0 Å². The Morgan fingerprint density at radius 2 is 2.00 bits per heavy atom. The Kier molecular flexibility index (Phi) is 4.10. The smallest absolute Gasteiger partial charge is 0.335 e. The zero-order chi connectivity index (χ0) is 20.1. The molecule has 0 radical (unpaired) electrons. The number of carbonyl (C=O) groups is 1. The lowest BCUT2D eigenvalue weighted by Crippen LogP contribution is -2.17. The summed E-state index contributed by atoms with van der Waals surface area (Å²) in [6.07, 6.45) is 0.468. The molecule has 1 unspecified atom stereocenters. The molecule has 0 saturated heterocycles. The first-order valence-electron chi connectivity index (χ1n) is 9.07. The van der Waals surface area contributed by atoms with Gasteiger partial charge in [0.15, 0.2) is 11.5 Å². The number of methoxy groups -OCH3 is 1. The highest BCUT2D eigenvalue weighted by atomic mass is 35.5. The lowest BCUT2D eigenvalue weighted by molar-refractivity contribution is -0.136. The number of phenolic OH excluding ortho intramolecular Hbond substituents is 1. The average molecular weight is 410 g/mol. The number of fused-ring (bicyclic) bond motifs is 1. The zero-order valence-corrected chi connectivity index (χ0v) is 16.2. The normalized spacial score (nSPS) is 17.7. The summed E-state index contributed by atoms with van der Waals surface area (Å²) in [6, 6.07) is 12.4. The number of phenols is 1. The lowest BCUT2D eigenvalue weighted by atomic mass is 9.76. The monoisotopic (exact) mass is 409 g/mol. The predicted octanol–water partition coefficient (Wildman–Crippen LogP) is 4.25. The molecule has 0 amide bonds. The Balaban J connectivity index is 1.72. The van der Waals surface area contributed by atoms with Crippen LogP contribution in [0.4, 0.5) is 0 Å². The number of rotatable bonds is 3. The van der Waals surface area contributed by atoms with Gasteiger partial charge >= 0.3 is 5.97 Å². The molecule has 1 N–H and O–H groups in total. The maximum atomic E-state index is 12.6. The van der Waals surface area contributed by atoms with E-state index in [1.807, 2.05) is 18.2 Å². The van der Waals surface area contributed by atoms with Crippen molar-refractivity contribution >= 4 is 17.6 Å². The number of esters is 1. The Hall–Kier alpha value is -3.25. The van der Waals surface area contributed by atoms with Crippen molar-refractivity contribution in [1.29, 1.82) is 0 Å². The summed E-state index contributed by atoms with van der Waals surface area (Å²) >= 11 is 6.03. The van der Waals surface area contributed by atoms with E-state index in [9.17, 15) is 9.90 Å². The van der Waals surface area contributed by atoms with E-state index in [4.69, 9.17) is 25.6 Å². The van der Waals surface area contributed by atoms with E-state index >= 15 is 0 Å². The minimum Gasteiger partial charge on any atom is -0.504 e. The Morgan fingerprint density at radius 3 is 2.72 bits per heavy atom. The summed E-state index contributed by atoms with van der Waals surface area (Å²) in [6.45, 7) is 0.239. The van der Waals surface area contributed by atoms with E-state index in [1.54, 1.807) is 24.3 Å². The number of benzene rings is 2. The van der Waals surface area contributed by atoms with E-state index in [2.05, 4.69) is 5.16 Å². The molecule has 5 rings (SSSR count). The molecule has 0 bridgehead atoms. The lowest BCUT2D eigenvalue weighted by Gasteiger charge is -2.23. The van der Waals surface area contributed by atoms with E-state index in [0.717, 1.165) is 22.3 Å². The first-order valence-corrected chi connectivity index (χ1v) is 9.45. The van der Waals surface area contributed by atoms with Crippen molar-refractivity contribution in [1.82, 2.24) is 5.16 Å². The number of carbonyl (C=O) groups excluding carboxylic acids is 1. The molecule has 1 aliphatic heterocycles. The van der Waals surface area contributed by atoms with Crippen LogP contribution < -0.4 is 4.74 Å². The Labute approximate surface area is 171 Å². The fourth-order valence-corrected chi connectivity index (χ4v) is 4.18. The third kappa shape index (κ3) is 2.79. The van der Waals surface area contributed by atoms with Crippen LogP contribution in [-0.2, 0) is 16.0 Å². The minimum absolute atomic E-state index is 0.00450. The maximum absolute atomic E-state index is 12.6. The summed E-state index contributed by atoms with van der Waals surface area (Å²) in [5.41, 5.74) is 4.46. The summed E-state index contributed by atoms with van der Waals surface area (Å²) in [4.78, 5) is 12.6. The molecule has 6 nitrogen and oxygen atoms in total. The van der Waals surface area contributed by atoms with Gasteiger partial charge in [0, 0.05) is 28.5 Å². The molecule has 1 aromatic heterocycles. The first-order chi connectivity index (χ1) is 14.1. The first kappa shape index (κ1) is 17.8. The maximum Gasteiger partial charge on any atom is 0.335 e. The SMILES string of the molecule is COc1ccc(C2C3=C(COC3=O)Cc3onc(-c4ccc(Cl)cc4)c32)cc1O. The fourth-order valence-electron chi connectivity index (χ4n) is 4.05. The summed E-state index contributed by atoms with van der Waals surface area (Å²) < 4.78 is 16.1. The highest BCUT2D eigenvalue weighted by molar-refractivity contribution is 6.30. The van der Waals surface area contributed by atoms with Crippen molar-refractivity contribution < 1.29 is 23.9 Å². The van der Waals surface area contributed by atoms with Gasteiger partial charge in [0.05, 0.1) is 12.7 Å². The van der Waals surface area contributed by atoms with Crippen molar-refractivity contribution in [3.05, 3.63) is 75.5 Å². The van der Waals surface area contributed by atoms with Gasteiger partial charge in [-0.25, -0.2) is 4.79 Å². The van der Waals surface area contributed by atoms with Gasteiger partial charge in [0.25, 0.3) is 0 Å². The van der Waals surface area contributed by atoms with Crippen LogP contribution in [0.25, 0.3) is 11.3 Å². The predicted molar refractivity (Wildman–Crippen MR) is 105 cm³/mol. The molecule has 29 heavy (non-hydrogen) atoms. The van der Waals surface area contributed by atoms with E-state index < -0.39 is 5.92 Å². The number of ether oxygens (including phenoxy) is 2. The number of nitrogens with zero attached hydrogens (tertiary/aromatic N) is 1. The second-order valence-electron chi connectivity index (χ2n) is 7.01. The van der Waals surface area contributed by atoms with E-state index in [1.165, 1.54) is 7.11 Å². The fraction of sp³-hybridized carbons (Fsp3) is 0.182. The Morgan fingerprint density at radius 1 is 1.21 bits per heavy atom. The number of aromatic nitrogens is 1. The number of aromatic hydroxyl groups is 1. The quantitative estimate of drug-likeness (QED) is 0.651. The van der Waals surface area contributed by atoms with Crippen molar-refractivity contribution in [2.45, 2.75) is 12.3 Å². The van der Waals surface area contributed by atoms with Crippen LogP contribution in [-0.4, -0.2) is 29.9 Å². The Bertz CT molecular complexity index is 1160. The summed E-state index contributed by atoms with van der Waals surface area (Å²) in [5, 5.41) is 15.2. The third-order valence-electron chi connectivity index (χ3n) is 5.39. The van der Waals surface area contributed by atoms with Gasteiger partial charge in [0.1, 0.15) is 18.1 Å². The second kappa shape index (κ2) is 6.67. The molecule has 0 fully saturated rings. The van der Waals surface area contributed by atoms with E-state index in [0.29, 0.717) is 34.2 Å². The van der Waals surface area contributed by atoms with Crippen LogP contribution >= 0.6 is 11.6 Å². The van der Waals surface area contributed by atoms with Crippen LogP contribution in [0.15, 0.2) is 58.1 Å². The highest BCUT2D eigenvalue weighted by Gasteiger charge is 2.42. The van der Waals surface area contributed by atoms with Gasteiger partial charge in [0.2, 0.25) is 0 Å². The number of hydrogen-bond donors (Lipinski definition) is 1. The molecule has 2 aliphatic rings. The number of hydrogen-bond acceptors (Lipinski definition) is 6. The van der Waals surface area contributed by atoms with Gasteiger partial charge in [-0.15, -0.1) is 0 Å². The molecular weight excluding hydrogens is 394 g/mol. The van der Waals surface area contributed by atoms with Crippen LogP contribution in [0.5, 0.6) is 11.5 Å². The standard InChI is InChI=1S/C22H16ClNO5/c1-27-16-7-4-12(8-15(16)25)18-19-13(10-28-22(19)26)9-17-20(18)21(24-29-17)11-2-5-14(23)6-3-11/h2-8,18,25H,9-10H2,1H3. The molecule has 0 spiro atoms. The molecular formula is C22H16ClNO5. The minimum atomic E-state index is -0.461. The van der Waals surface area contributed by atoms with Gasteiger partial charge in [-0.2, -0.15) is 0 Å². The number of halogens is 1. The highest BCUT2D eigenvalue weighted by Crippen LogP contribution is 2.48. The molecule has 2 heterocycles. The van der Waals surface area contributed by atoms with Gasteiger partial charge in [-0.3, -0.25) is 0 Å². The molecule has 7 heteroatoms. The largest absolute Gasteiger partial charge is 0.504 e. The van der Waals surface area contributed by atoms with Gasteiger partial charge in [-0.1, -0.05) is 35.0 Å². The van der Waals surface area contributed by atoms with Crippen molar-refractivity contribution in [2.75, 3.05) is 13.7 Å². The molecule has 3 aromatic rings. The van der Waals surface area contributed by atoms with Crippen LogP contribution in [0.1, 0.15) is 22.8 Å². The van der Waals surface area contributed by atoms with Crippen LogP contribution in [0.2, 0.25) is 5.02 Å². The topological polar surface area (TPSA) is 81.8 Å².